The lowest BCUT2D eigenvalue weighted by atomic mass is 10.0. The number of hydrogen-bond donors (Lipinski definition) is 2. The number of hydrogen-bond acceptors (Lipinski definition) is 6. The molecule has 0 radical (unpaired) electrons. The number of amides is 1. The van der Waals surface area contributed by atoms with Crippen molar-refractivity contribution in [3.63, 3.8) is 0 Å². The van der Waals surface area contributed by atoms with Gasteiger partial charge in [0.15, 0.2) is 0 Å². The van der Waals surface area contributed by atoms with Crippen LogP contribution < -0.4 is 5.32 Å². The highest BCUT2D eigenvalue weighted by Gasteiger charge is 2.30. The van der Waals surface area contributed by atoms with Gasteiger partial charge in [0.1, 0.15) is 19.3 Å². The molecular weight excluding hydrogens is 856 g/mol. The maximum Gasteiger partial charge on any atom is 0.472 e. The average Bonchev–Trinajstić information content (AvgIpc) is 3.28. The zero-order valence-electron chi connectivity index (χ0n) is 45.2. The van der Waals surface area contributed by atoms with E-state index in [4.69, 9.17) is 13.8 Å². The molecule has 3 atom stereocenters. The highest BCUT2D eigenvalue weighted by molar-refractivity contribution is 7.47. The summed E-state index contributed by atoms with van der Waals surface area (Å²) in [5.74, 6) is -0.499. The van der Waals surface area contributed by atoms with Crippen LogP contribution in [0.15, 0.2) is 24.3 Å². The van der Waals surface area contributed by atoms with Crippen LogP contribution in [0.1, 0.15) is 278 Å². The van der Waals surface area contributed by atoms with Crippen LogP contribution in [0.5, 0.6) is 0 Å². The first-order valence-electron chi connectivity index (χ1n) is 28.7. The molecule has 2 N–H and O–H groups in total. The molecule has 9 nitrogen and oxygen atoms in total. The average molecular weight is 969 g/mol. The largest absolute Gasteiger partial charge is 0.472 e. The van der Waals surface area contributed by atoms with Crippen molar-refractivity contribution in [2.45, 2.75) is 290 Å². The number of nitrogens with zero attached hydrogens (tertiary/aromatic N) is 1. The molecule has 0 spiro atoms. The maximum absolute atomic E-state index is 13.5. The number of allylic oxidation sites excluding steroid dienone is 3. The zero-order chi connectivity index (χ0) is 49.4. The molecule has 0 aromatic carbocycles. The van der Waals surface area contributed by atoms with E-state index in [0.29, 0.717) is 23.9 Å². The van der Waals surface area contributed by atoms with E-state index < -0.39 is 20.0 Å². The lowest BCUT2D eigenvalue weighted by Gasteiger charge is -2.27. The molecular formula is C57H112N2O7P+. The summed E-state index contributed by atoms with van der Waals surface area (Å²) >= 11 is 0. The van der Waals surface area contributed by atoms with Crippen molar-refractivity contribution in [1.82, 2.24) is 5.32 Å². The molecule has 0 fully saturated rings. The van der Waals surface area contributed by atoms with Crippen LogP contribution in [0, 0.1) is 0 Å². The van der Waals surface area contributed by atoms with Gasteiger partial charge in [-0.15, -0.1) is 0 Å². The summed E-state index contributed by atoms with van der Waals surface area (Å²) in [5.41, 5.74) is 0. The Hall–Kier alpha value is -1.51. The van der Waals surface area contributed by atoms with Gasteiger partial charge in [-0.3, -0.25) is 18.6 Å². The third-order valence-electron chi connectivity index (χ3n) is 12.9. The fourth-order valence-electron chi connectivity index (χ4n) is 8.41. The Labute approximate surface area is 415 Å². The number of likely N-dealkylation sites (N-methyl/N-ethyl adjacent to an activating group) is 1. The van der Waals surface area contributed by atoms with Crippen LogP contribution in [0.3, 0.4) is 0 Å². The molecule has 67 heavy (non-hydrogen) atoms. The first kappa shape index (κ1) is 65.5. The fourth-order valence-corrected chi connectivity index (χ4v) is 9.14. The Kier molecular flexibility index (Phi) is 47.0. The first-order valence-corrected chi connectivity index (χ1v) is 30.2. The first-order chi connectivity index (χ1) is 32.4. The van der Waals surface area contributed by atoms with E-state index in [0.717, 1.165) is 57.8 Å². The van der Waals surface area contributed by atoms with Gasteiger partial charge in [0.2, 0.25) is 5.91 Å². The molecule has 0 saturated carbocycles. The number of ether oxygens (including phenoxy) is 1. The predicted molar refractivity (Wildman–Crippen MR) is 286 cm³/mol. The minimum Gasteiger partial charge on any atom is -0.456 e. The number of quaternary nitrogens is 1. The number of phosphoric ester groups is 1. The van der Waals surface area contributed by atoms with Gasteiger partial charge in [0.05, 0.1) is 33.8 Å². The Morgan fingerprint density at radius 2 is 0.866 bits per heavy atom. The van der Waals surface area contributed by atoms with Crippen LogP contribution in [-0.2, 0) is 27.9 Å². The molecule has 0 aliphatic rings. The van der Waals surface area contributed by atoms with E-state index >= 15 is 0 Å². The fraction of sp³-hybridized carbons (Fsp3) is 0.895. The van der Waals surface area contributed by atoms with Gasteiger partial charge in [0.25, 0.3) is 0 Å². The van der Waals surface area contributed by atoms with Crippen molar-refractivity contribution in [3.8, 4) is 0 Å². The summed E-state index contributed by atoms with van der Waals surface area (Å²) in [7, 11) is 1.51. The summed E-state index contributed by atoms with van der Waals surface area (Å²) in [6.07, 6.45) is 54.5. The molecule has 0 bridgehead atoms. The van der Waals surface area contributed by atoms with Crippen LogP contribution in [0.4, 0.5) is 0 Å². The second kappa shape index (κ2) is 48.1. The van der Waals surface area contributed by atoms with Crippen molar-refractivity contribution in [2.75, 3.05) is 40.9 Å². The monoisotopic (exact) mass is 968 g/mol. The van der Waals surface area contributed by atoms with E-state index in [1.807, 2.05) is 33.3 Å². The number of carbonyl (C=O) groups is 2. The van der Waals surface area contributed by atoms with E-state index in [2.05, 4.69) is 38.2 Å². The van der Waals surface area contributed by atoms with Gasteiger partial charge in [-0.05, 0) is 57.4 Å². The smallest absolute Gasteiger partial charge is 0.456 e. The summed E-state index contributed by atoms with van der Waals surface area (Å²) < 4.78 is 30.6. The molecule has 396 valence electrons. The number of esters is 1. The quantitative estimate of drug-likeness (QED) is 0.0205. The van der Waals surface area contributed by atoms with Gasteiger partial charge < -0.3 is 19.4 Å². The molecule has 0 rings (SSSR count). The van der Waals surface area contributed by atoms with Gasteiger partial charge in [-0.1, -0.05) is 232 Å². The predicted octanol–water partition coefficient (Wildman–Crippen LogP) is 17.0. The summed E-state index contributed by atoms with van der Waals surface area (Å²) in [6, 6.07) is -0.842. The molecule has 0 aromatic rings. The second-order valence-electron chi connectivity index (χ2n) is 20.8. The summed E-state index contributed by atoms with van der Waals surface area (Å²) in [6.45, 7) is 7.01. The van der Waals surface area contributed by atoms with Crippen LogP contribution >= 0.6 is 7.82 Å². The van der Waals surface area contributed by atoms with Crippen molar-refractivity contribution in [2.24, 2.45) is 0 Å². The van der Waals surface area contributed by atoms with E-state index in [1.165, 1.54) is 186 Å². The number of unbranched alkanes of at least 4 members (excludes halogenated alkanes) is 34. The van der Waals surface area contributed by atoms with Crippen molar-refractivity contribution in [1.29, 1.82) is 0 Å². The van der Waals surface area contributed by atoms with Gasteiger partial charge >= 0.3 is 13.8 Å². The Morgan fingerprint density at radius 1 is 0.507 bits per heavy atom. The highest BCUT2D eigenvalue weighted by Crippen LogP contribution is 2.43. The third kappa shape index (κ3) is 49.3. The number of rotatable bonds is 52. The minimum atomic E-state index is -4.44. The summed E-state index contributed by atoms with van der Waals surface area (Å²) in [4.78, 5) is 37.5. The van der Waals surface area contributed by atoms with E-state index in [1.54, 1.807) is 0 Å². The Morgan fingerprint density at radius 3 is 1.28 bits per heavy atom. The van der Waals surface area contributed by atoms with E-state index in [-0.39, 0.29) is 25.1 Å². The minimum absolute atomic E-state index is 0.0428. The molecule has 0 aromatic heterocycles. The van der Waals surface area contributed by atoms with Gasteiger partial charge in [-0.25, -0.2) is 4.57 Å². The molecule has 10 heteroatoms. The number of carbonyl (C=O) groups excluding carboxylic acids is 2. The lowest BCUT2D eigenvalue weighted by Crippen LogP contribution is -2.47. The molecule has 1 amide bonds. The number of phosphoric acid groups is 1. The molecule has 0 saturated heterocycles. The Bertz CT molecular complexity index is 1210. The van der Waals surface area contributed by atoms with Crippen molar-refractivity contribution in [3.05, 3.63) is 24.3 Å². The van der Waals surface area contributed by atoms with Crippen LogP contribution in [0.25, 0.3) is 0 Å². The molecule has 0 aliphatic heterocycles. The molecule has 0 aliphatic carbocycles. The zero-order valence-corrected chi connectivity index (χ0v) is 46.1. The molecule has 3 unspecified atom stereocenters. The standard InChI is InChI=1S/C57H111N2O7P/c1-7-10-13-16-19-22-25-27-29-31-34-37-40-43-46-49-56(60)58-54(53-65-67(62,63)64-52-51-59(4,5)6)55(48-45-42-39-36-33-24-21-18-15-12-9-3)66-57(61)50-47-44-41-38-35-32-30-28-26-23-20-17-14-11-8-2/h23,26,45,48,54-55H,7-22,24-25,27-44,46-47,49-53H2,1-6H3,(H-,58,60,62,63)/p+1/b26-23-,48-45+. The highest BCUT2D eigenvalue weighted by atomic mass is 31.2. The SMILES string of the molecule is CCCCCC/C=C\CCCCCCCCCC(=O)OC(/C=C/CCCCCCCCCCC)C(COP(=O)(O)OCC[N+](C)(C)C)NC(=O)CCCCCCCCCCCCCCCCC. The van der Waals surface area contributed by atoms with Crippen LogP contribution in [0.2, 0.25) is 0 Å². The lowest BCUT2D eigenvalue weighted by molar-refractivity contribution is -0.870. The third-order valence-corrected chi connectivity index (χ3v) is 13.9. The van der Waals surface area contributed by atoms with Gasteiger partial charge in [0, 0.05) is 12.8 Å². The van der Waals surface area contributed by atoms with E-state index in [9.17, 15) is 19.0 Å². The van der Waals surface area contributed by atoms with Gasteiger partial charge in [-0.2, -0.15) is 0 Å². The normalized spacial score (nSPS) is 14.0. The topological polar surface area (TPSA) is 111 Å². The summed E-state index contributed by atoms with van der Waals surface area (Å²) in [5, 5.41) is 3.05. The Balaban J connectivity index is 5.31. The van der Waals surface area contributed by atoms with Crippen molar-refractivity contribution < 1.29 is 37.3 Å². The van der Waals surface area contributed by atoms with Crippen LogP contribution in [-0.4, -0.2) is 74.3 Å². The maximum atomic E-state index is 13.5. The number of nitrogens with one attached hydrogen (secondary N) is 1. The second-order valence-corrected chi connectivity index (χ2v) is 22.3. The van der Waals surface area contributed by atoms with Crippen molar-refractivity contribution >= 4 is 19.7 Å². The molecule has 0 heterocycles.